The molecule has 0 aromatic heterocycles. The maximum absolute atomic E-state index is 13.9. The van der Waals surface area contributed by atoms with Gasteiger partial charge in [0, 0.05) is 22.0 Å². The molecule has 0 saturated carbocycles. The SMILES string of the molecule is O=C(CN1C(=O)C2(SCC(=O)N2c2ccc(F)cc2)c2ccccc21)Nc1ccc(Cl)cc1. The van der Waals surface area contributed by atoms with E-state index >= 15 is 0 Å². The highest BCUT2D eigenvalue weighted by atomic mass is 35.5. The maximum atomic E-state index is 13.9. The van der Waals surface area contributed by atoms with Crippen LogP contribution >= 0.6 is 23.4 Å². The molecule has 1 N–H and O–H groups in total. The first-order valence-corrected chi connectivity index (χ1v) is 11.5. The van der Waals surface area contributed by atoms with Crippen LogP contribution < -0.4 is 15.1 Å². The van der Waals surface area contributed by atoms with Gasteiger partial charge in [0.2, 0.25) is 16.7 Å². The van der Waals surface area contributed by atoms with Crippen LogP contribution in [0.2, 0.25) is 5.02 Å². The van der Waals surface area contributed by atoms with Crippen molar-refractivity contribution in [3.63, 3.8) is 0 Å². The number of fused-ring (bicyclic) bond motifs is 2. The van der Waals surface area contributed by atoms with Crippen molar-refractivity contribution in [3.8, 4) is 0 Å². The van der Waals surface area contributed by atoms with E-state index in [2.05, 4.69) is 5.32 Å². The van der Waals surface area contributed by atoms with E-state index in [0.29, 0.717) is 27.6 Å². The molecule has 33 heavy (non-hydrogen) atoms. The fraction of sp³-hybridized carbons (Fsp3) is 0.125. The summed E-state index contributed by atoms with van der Waals surface area (Å²) in [6.45, 7) is -0.230. The molecule has 3 amide bonds. The molecule has 1 unspecified atom stereocenters. The number of anilines is 3. The summed E-state index contributed by atoms with van der Waals surface area (Å²) in [5, 5.41) is 3.31. The predicted molar refractivity (Wildman–Crippen MR) is 127 cm³/mol. The van der Waals surface area contributed by atoms with Crippen LogP contribution in [0.15, 0.2) is 72.8 Å². The van der Waals surface area contributed by atoms with Gasteiger partial charge in [-0.05, 0) is 54.6 Å². The van der Waals surface area contributed by atoms with Gasteiger partial charge in [-0.15, -0.1) is 11.8 Å². The third-order valence-corrected chi connectivity index (χ3v) is 7.22. The number of hydrogen-bond donors (Lipinski definition) is 1. The molecule has 5 rings (SSSR count). The molecule has 166 valence electrons. The predicted octanol–water partition coefficient (Wildman–Crippen LogP) is 4.40. The monoisotopic (exact) mass is 481 g/mol. The Balaban J connectivity index is 1.50. The van der Waals surface area contributed by atoms with Crippen LogP contribution in [0.1, 0.15) is 5.56 Å². The Labute approximate surface area is 198 Å². The zero-order chi connectivity index (χ0) is 23.2. The van der Waals surface area contributed by atoms with Gasteiger partial charge in [-0.2, -0.15) is 0 Å². The Morgan fingerprint density at radius 1 is 1.03 bits per heavy atom. The quantitative estimate of drug-likeness (QED) is 0.599. The van der Waals surface area contributed by atoms with Crippen LogP contribution in [0.4, 0.5) is 21.5 Å². The second kappa shape index (κ2) is 8.20. The Morgan fingerprint density at radius 3 is 2.45 bits per heavy atom. The molecule has 1 saturated heterocycles. The molecule has 1 spiro atoms. The van der Waals surface area contributed by atoms with Gasteiger partial charge >= 0.3 is 0 Å². The largest absolute Gasteiger partial charge is 0.325 e. The molecule has 3 aromatic rings. The number of carbonyl (C=O) groups excluding carboxylic acids is 3. The van der Waals surface area contributed by atoms with Crippen molar-refractivity contribution in [1.82, 2.24) is 0 Å². The van der Waals surface area contributed by atoms with Crippen LogP contribution in [0.25, 0.3) is 0 Å². The molecule has 2 aliphatic rings. The molecule has 6 nitrogen and oxygen atoms in total. The molecule has 2 heterocycles. The summed E-state index contributed by atoms with van der Waals surface area (Å²) in [6.07, 6.45) is 0. The van der Waals surface area contributed by atoms with Gasteiger partial charge in [0.25, 0.3) is 5.91 Å². The van der Waals surface area contributed by atoms with E-state index in [1.54, 1.807) is 48.5 Å². The fourth-order valence-electron chi connectivity index (χ4n) is 4.18. The van der Waals surface area contributed by atoms with Crippen molar-refractivity contribution in [2.75, 3.05) is 27.4 Å². The molecule has 0 aliphatic carbocycles. The van der Waals surface area contributed by atoms with E-state index in [0.717, 1.165) is 0 Å². The van der Waals surface area contributed by atoms with Crippen molar-refractivity contribution < 1.29 is 18.8 Å². The van der Waals surface area contributed by atoms with Crippen LogP contribution in [-0.4, -0.2) is 30.0 Å². The van der Waals surface area contributed by atoms with E-state index in [4.69, 9.17) is 11.6 Å². The Hall–Kier alpha value is -3.36. The van der Waals surface area contributed by atoms with Gasteiger partial charge in [-0.25, -0.2) is 4.39 Å². The first kappa shape index (κ1) is 21.5. The summed E-state index contributed by atoms with van der Waals surface area (Å²) in [5.41, 5.74) is 2.15. The van der Waals surface area contributed by atoms with Crippen molar-refractivity contribution in [2.24, 2.45) is 0 Å². The van der Waals surface area contributed by atoms with Crippen LogP contribution in [0, 0.1) is 5.82 Å². The Kier molecular flexibility index (Phi) is 5.34. The number of rotatable bonds is 4. The molecule has 2 aliphatic heterocycles. The zero-order valence-corrected chi connectivity index (χ0v) is 18.7. The summed E-state index contributed by atoms with van der Waals surface area (Å²) < 4.78 is 13.5. The van der Waals surface area contributed by atoms with Crippen molar-refractivity contribution in [2.45, 2.75) is 4.87 Å². The second-order valence-electron chi connectivity index (χ2n) is 7.60. The summed E-state index contributed by atoms with van der Waals surface area (Å²) in [7, 11) is 0. The van der Waals surface area contributed by atoms with Gasteiger partial charge in [0.05, 0.1) is 11.4 Å². The summed E-state index contributed by atoms with van der Waals surface area (Å²) >= 11 is 7.09. The van der Waals surface area contributed by atoms with Gasteiger partial charge < -0.3 is 5.32 Å². The van der Waals surface area contributed by atoms with E-state index in [1.807, 2.05) is 0 Å². The van der Waals surface area contributed by atoms with Gasteiger partial charge in [-0.1, -0.05) is 29.8 Å². The van der Waals surface area contributed by atoms with Crippen molar-refractivity contribution in [3.05, 3.63) is 89.2 Å². The highest BCUT2D eigenvalue weighted by Gasteiger charge is 2.61. The molecule has 3 aromatic carbocycles. The number of hydrogen-bond acceptors (Lipinski definition) is 4. The highest BCUT2D eigenvalue weighted by Crippen LogP contribution is 2.55. The molecule has 0 bridgehead atoms. The summed E-state index contributed by atoms with van der Waals surface area (Å²) in [4.78, 5) is 41.0. The lowest BCUT2D eigenvalue weighted by Gasteiger charge is -2.33. The maximum Gasteiger partial charge on any atom is 0.269 e. The van der Waals surface area contributed by atoms with Gasteiger partial charge in [0.15, 0.2) is 0 Å². The first-order valence-electron chi connectivity index (χ1n) is 10.1. The highest BCUT2D eigenvalue weighted by molar-refractivity contribution is 8.02. The first-order chi connectivity index (χ1) is 15.9. The van der Waals surface area contributed by atoms with Crippen molar-refractivity contribution >= 4 is 58.1 Å². The second-order valence-corrected chi connectivity index (χ2v) is 9.21. The van der Waals surface area contributed by atoms with Gasteiger partial charge in [-0.3, -0.25) is 24.2 Å². The number of halogens is 2. The zero-order valence-electron chi connectivity index (χ0n) is 17.1. The molecule has 1 atom stereocenters. The lowest BCUT2D eigenvalue weighted by molar-refractivity contribution is -0.124. The number of amides is 3. The van der Waals surface area contributed by atoms with E-state index in [9.17, 15) is 18.8 Å². The minimum absolute atomic E-state index is 0.0856. The average molecular weight is 482 g/mol. The molecule has 0 radical (unpaired) electrons. The number of carbonyl (C=O) groups is 3. The number of para-hydroxylation sites is 1. The minimum Gasteiger partial charge on any atom is -0.325 e. The Bertz CT molecular complexity index is 1270. The lowest BCUT2D eigenvalue weighted by Crippen LogP contribution is -2.50. The third-order valence-electron chi connectivity index (χ3n) is 5.58. The number of nitrogens with one attached hydrogen (secondary N) is 1. The molecular formula is C24H17ClFN3O3S. The third kappa shape index (κ3) is 3.55. The van der Waals surface area contributed by atoms with Crippen LogP contribution in [0.5, 0.6) is 0 Å². The smallest absolute Gasteiger partial charge is 0.269 e. The topological polar surface area (TPSA) is 69.7 Å². The minimum atomic E-state index is -1.36. The normalized spacial score (nSPS) is 19.3. The Morgan fingerprint density at radius 2 is 1.73 bits per heavy atom. The summed E-state index contributed by atoms with van der Waals surface area (Å²) in [6, 6.07) is 19.2. The van der Waals surface area contributed by atoms with Crippen LogP contribution in [0.3, 0.4) is 0 Å². The lowest BCUT2D eigenvalue weighted by atomic mass is 10.0. The summed E-state index contributed by atoms with van der Waals surface area (Å²) in [5.74, 6) is -1.40. The average Bonchev–Trinajstić information content (AvgIpc) is 3.27. The molecule has 9 heteroatoms. The van der Waals surface area contributed by atoms with E-state index in [-0.39, 0.29) is 24.1 Å². The fourth-order valence-corrected chi connectivity index (χ4v) is 5.67. The standard InChI is InChI=1S/C24H17ClFN3O3S/c25-15-5-9-17(10-6-15)27-21(30)13-28-20-4-2-1-3-19(20)24(23(28)32)29(22(31)14-33-24)18-11-7-16(26)8-12-18/h1-12H,13-14H2,(H,27,30). The van der Waals surface area contributed by atoms with E-state index < -0.39 is 16.6 Å². The molecular weight excluding hydrogens is 465 g/mol. The van der Waals surface area contributed by atoms with E-state index in [1.165, 1.54) is 45.8 Å². The van der Waals surface area contributed by atoms with Crippen LogP contribution in [-0.2, 0) is 19.3 Å². The molecule has 1 fully saturated rings. The number of nitrogens with zero attached hydrogens (tertiary/aromatic N) is 2. The van der Waals surface area contributed by atoms with Gasteiger partial charge in [0.1, 0.15) is 12.4 Å². The number of benzene rings is 3. The van der Waals surface area contributed by atoms with Crippen molar-refractivity contribution in [1.29, 1.82) is 0 Å². The number of thioether (sulfide) groups is 1.